The number of para-hydroxylation sites is 1. The molecule has 0 unspecified atom stereocenters. The maximum atomic E-state index is 12.4. The van der Waals surface area contributed by atoms with Crippen LogP contribution in [0.3, 0.4) is 0 Å². The zero-order chi connectivity index (χ0) is 27.1. The molecule has 4 rings (SSSR count). The second-order valence-corrected chi connectivity index (χ2v) is 8.68. The van der Waals surface area contributed by atoms with Crippen molar-refractivity contribution < 1.29 is 19.4 Å². The van der Waals surface area contributed by atoms with Crippen molar-refractivity contribution in [1.29, 1.82) is 0 Å². The lowest BCUT2D eigenvalue weighted by Gasteiger charge is -2.20. The molecule has 0 saturated carbocycles. The Bertz CT molecular complexity index is 1440. The summed E-state index contributed by atoms with van der Waals surface area (Å²) in [5, 5.41) is 17.3. The molecule has 0 bridgehead atoms. The van der Waals surface area contributed by atoms with E-state index in [2.05, 4.69) is 28.6 Å². The van der Waals surface area contributed by atoms with Crippen molar-refractivity contribution in [2.75, 3.05) is 23.8 Å². The van der Waals surface area contributed by atoms with Crippen LogP contribution in [0, 0.1) is 0 Å². The lowest BCUT2D eigenvalue weighted by molar-refractivity contribution is 0.100. The van der Waals surface area contributed by atoms with Crippen LogP contribution in [0.2, 0.25) is 0 Å². The summed E-state index contributed by atoms with van der Waals surface area (Å²) >= 11 is 0. The van der Waals surface area contributed by atoms with Gasteiger partial charge in [0.2, 0.25) is 0 Å². The Morgan fingerprint density at radius 3 is 2.32 bits per heavy atom. The summed E-state index contributed by atoms with van der Waals surface area (Å²) < 4.78 is 11.6. The van der Waals surface area contributed by atoms with E-state index in [1.807, 2.05) is 62.4 Å². The molecule has 1 heterocycles. The number of aliphatic hydroxyl groups excluding tert-OH is 1. The number of anilines is 3. The van der Waals surface area contributed by atoms with Gasteiger partial charge in [0, 0.05) is 41.1 Å². The normalized spacial score (nSPS) is 10.8. The van der Waals surface area contributed by atoms with Crippen molar-refractivity contribution in [1.82, 2.24) is 4.98 Å². The molecular formula is C30H34N4O4. The summed E-state index contributed by atoms with van der Waals surface area (Å²) in [6, 6.07) is 17.4. The average molecular weight is 515 g/mol. The fourth-order valence-electron chi connectivity index (χ4n) is 4.55. The molecule has 0 saturated heterocycles. The average Bonchev–Trinajstić information content (AvgIpc) is 2.92. The predicted molar refractivity (Wildman–Crippen MR) is 151 cm³/mol. The summed E-state index contributed by atoms with van der Waals surface area (Å²) in [7, 11) is 0. The van der Waals surface area contributed by atoms with Crippen molar-refractivity contribution in [3.05, 3.63) is 83.0 Å². The van der Waals surface area contributed by atoms with E-state index in [9.17, 15) is 9.90 Å². The number of hydrogen-bond donors (Lipinski definition) is 4. The Morgan fingerprint density at radius 2 is 1.63 bits per heavy atom. The summed E-state index contributed by atoms with van der Waals surface area (Å²) in [6.07, 6.45) is 2.25. The molecule has 8 nitrogen and oxygen atoms in total. The van der Waals surface area contributed by atoms with Gasteiger partial charge < -0.3 is 30.9 Å². The molecule has 4 aromatic rings. The van der Waals surface area contributed by atoms with Gasteiger partial charge in [0.1, 0.15) is 0 Å². The Balaban J connectivity index is 1.77. The lowest BCUT2D eigenvalue weighted by atomic mass is 10.0. The molecule has 198 valence electrons. The standard InChI is InChI=1S/C30H34N4O4/c1-4-21-19(16-32-24-12-8-7-10-20(24)18-35)11-9-13-25(21)34-29-22-14-27(37-5-2)28(38-6-3)15-26(22)33-17-23(29)30(31)36/h7-15,17,32,35H,4-6,16,18H2,1-3H3,(H2,31,36)(H,33,34). The minimum absolute atomic E-state index is 0.0365. The van der Waals surface area contributed by atoms with Crippen molar-refractivity contribution in [2.24, 2.45) is 5.73 Å². The van der Waals surface area contributed by atoms with E-state index in [-0.39, 0.29) is 12.2 Å². The Kier molecular flexibility index (Phi) is 8.66. The molecule has 1 amide bonds. The number of nitrogens with zero attached hydrogens (tertiary/aromatic N) is 1. The molecule has 38 heavy (non-hydrogen) atoms. The monoisotopic (exact) mass is 514 g/mol. The van der Waals surface area contributed by atoms with E-state index in [0.29, 0.717) is 47.8 Å². The summed E-state index contributed by atoms with van der Waals surface area (Å²) in [5.74, 6) is 0.590. The highest BCUT2D eigenvalue weighted by atomic mass is 16.5. The van der Waals surface area contributed by atoms with Gasteiger partial charge in [-0.05, 0) is 49.6 Å². The smallest absolute Gasteiger partial charge is 0.252 e. The van der Waals surface area contributed by atoms with Crippen molar-refractivity contribution in [3.8, 4) is 11.5 Å². The zero-order valence-corrected chi connectivity index (χ0v) is 22.0. The van der Waals surface area contributed by atoms with E-state index in [1.165, 1.54) is 6.20 Å². The summed E-state index contributed by atoms with van der Waals surface area (Å²) in [6.45, 7) is 7.39. The first-order valence-electron chi connectivity index (χ1n) is 12.8. The molecule has 3 aromatic carbocycles. The number of fused-ring (bicyclic) bond motifs is 1. The molecule has 0 spiro atoms. The van der Waals surface area contributed by atoms with E-state index in [1.54, 1.807) is 0 Å². The molecule has 8 heteroatoms. The van der Waals surface area contributed by atoms with E-state index in [0.717, 1.165) is 34.5 Å². The maximum Gasteiger partial charge on any atom is 0.252 e. The molecule has 0 radical (unpaired) electrons. The molecule has 0 fully saturated rings. The first-order chi connectivity index (χ1) is 18.5. The number of pyridine rings is 1. The van der Waals surface area contributed by atoms with Crippen molar-refractivity contribution in [3.63, 3.8) is 0 Å². The Morgan fingerprint density at radius 1 is 0.947 bits per heavy atom. The quantitative estimate of drug-likeness (QED) is 0.196. The Hall–Kier alpha value is -4.30. The Labute approximate surface area is 222 Å². The van der Waals surface area contributed by atoms with Crippen LogP contribution < -0.4 is 25.8 Å². The highest BCUT2D eigenvalue weighted by molar-refractivity contribution is 6.08. The molecule has 0 aliphatic rings. The molecule has 1 aromatic heterocycles. The third-order valence-electron chi connectivity index (χ3n) is 6.34. The van der Waals surface area contributed by atoms with Gasteiger partial charge in [0.05, 0.1) is 36.6 Å². The summed E-state index contributed by atoms with van der Waals surface area (Å²) in [5.41, 5.74) is 12.1. The lowest BCUT2D eigenvalue weighted by Crippen LogP contribution is -2.15. The van der Waals surface area contributed by atoms with Crippen LogP contribution in [0.5, 0.6) is 11.5 Å². The van der Waals surface area contributed by atoms with Gasteiger partial charge in [-0.2, -0.15) is 0 Å². The topological polar surface area (TPSA) is 119 Å². The number of primary amides is 1. The van der Waals surface area contributed by atoms with E-state index in [4.69, 9.17) is 15.2 Å². The number of amides is 1. The third-order valence-corrected chi connectivity index (χ3v) is 6.34. The third kappa shape index (κ3) is 5.65. The van der Waals surface area contributed by atoms with Crippen LogP contribution in [0.25, 0.3) is 10.9 Å². The number of carbonyl (C=O) groups is 1. The number of rotatable bonds is 12. The van der Waals surface area contributed by atoms with E-state index >= 15 is 0 Å². The predicted octanol–water partition coefficient (Wildman–Crippen LogP) is 5.54. The van der Waals surface area contributed by atoms with Crippen LogP contribution in [0.15, 0.2) is 60.8 Å². The fourth-order valence-corrected chi connectivity index (χ4v) is 4.55. The highest BCUT2D eigenvalue weighted by Gasteiger charge is 2.19. The molecule has 0 aliphatic heterocycles. The van der Waals surface area contributed by atoms with Crippen LogP contribution in [-0.2, 0) is 19.6 Å². The zero-order valence-electron chi connectivity index (χ0n) is 22.0. The largest absolute Gasteiger partial charge is 0.490 e. The SMILES string of the molecule is CCOc1cc2ncc(C(N)=O)c(Nc3cccc(CNc4ccccc4CO)c3CC)c2cc1OCC. The van der Waals surface area contributed by atoms with Gasteiger partial charge in [-0.1, -0.05) is 37.3 Å². The number of hydrogen-bond acceptors (Lipinski definition) is 7. The van der Waals surface area contributed by atoms with Crippen molar-refractivity contribution >= 4 is 33.9 Å². The van der Waals surface area contributed by atoms with E-state index < -0.39 is 5.91 Å². The minimum Gasteiger partial charge on any atom is -0.490 e. The van der Waals surface area contributed by atoms with Crippen LogP contribution in [0.1, 0.15) is 47.8 Å². The van der Waals surface area contributed by atoms with Crippen LogP contribution >= 0.6 is 0 Å². The fraction of sp³-hybridized carbons (Fsp3) is 0.267. The van der Waals surface area contributed by atoms with Crippen molar-refractivity contribution in [2.45, 2.75) is 40.3 Å². The van der Waals surface area contributed by atoms with Gasteiger partial charge in [-0.15, -0.1) is 0 Å². The number of carbonyl (C=O) groups excluding carboxylic acids is 1. The molecule has 0 aliphatic carbocycles. The van der Waals surface area contributed by atoms with Gasteiger partial charge in [0.15, 0.2) is 11.5 Å². The molecule has 5 N–H and O–H groups in total. The highest BCUT2D eigenvalue weighted by Crippen LogP contribution is 2.38. The summed E-state index contributed by atoms with van der Waals surface area (Å²) in [4.78, 5) is 16.9. The second kappa shape index (κ2) is 12.3. The first-order valence-corrected chi connectivity index (χ1v) is 12.8. The molecule has 0 atom stereocenters. The first kappa shape index (κ1) is 26.8. The number of nitrogens with one attached hydrogen (secondary N) is 2. The number of nitrogens with two attached hydrogens (primary N) is 1. The number of aliphatic hydroxyl groups is 1. The van der Waals surface area contributed by atoms with Crippen LogP contribution in [0.4, 0.5) is 17.1 Å². The minimum atomic E-state index is -0.578. The number of ether oxygens (including phenoxy) is 2. The second-order valence-electron chi connectivity index (χ2n) is 8.68. The van der Waals surface area contributed by atoms with Gasteiger partial charge in [-0.3, -0.25) is 9.78 Å². The maximum absolute atomic E-state index is 12.4. The number of benzene rings is 3. The van der Waals surface area contributed by atoms with Gasteiger partial charge in [-0.25, -0.2) is 0 Å². The molecular weight excluding hydrogens is 480 g/mol. The van der Waals surface area contributed by atoms with Gasteiger partial charge >= 0.3 is 0 Å². The van der Waals surface area contributed by atoms with Crippen LogP contribution in [-0.4, -0.2) is 29.2 Å². The van der Waals surface area contributed by atoms with Gasteiger partial charge in [0.25, 0.3) is 5.91 Å². The number of aromatic nitrogens is 1.